The monoisotopic (exact) mass is 484 g/mol. The molecule has 0 saturated heterocycles. The van der Waals surface area contributed by atoms with E-state index in [0.717, 1.165) is 44.2 Å². The van der Waals surface area contributed by atoms with E-state index in [9.17, 15) is 4.79 Å². The van der Waals surface area contributed by atoms with Crippen molar-refractivity contribution in [2.24, 2.45) is 4.99 Å². The second-order valence-corrected chi connectivity index (χ2v) is 6.12. The van der Waals surface area contributed by atoms with E-state index in [0.29, 0.717) is 0 Å². The molecule has 1 N–H and O–H groups in total. The number of aryl methyl sites for hydroxylation is 1. The Morgan fingerprint density at radius 3 is 2.56 bits per heavy atom. The number of ether oxygens (including phenoxy) is 1. The summed E-state index contributed by atoms with van der Waals surface area (Å²) in [5, 5.41) is 3.38. The SMILES string of the molecule is CN=C(NCCCCn1ccccc1=O)N(C)Cc1ccc(OC)cc1.I. The summed E-state index contributed by atoms with van der Waals surface area (Å²) in [5.74, 6) is 1.72. The molecule has 2 rings (SSSR count). The summed E-state index contributed by atoms with van der Waals surface area (Å²) in [4.78, 5) is 18.1. The molecule has 148 valence electrons. The molecule has 27 heavy (non-hydrogen) atoms. The number of rotatable bonds is 8. The lowest BCUT2D eigenvalue weighted by atomic mass is 10.2. The number of pyridine rings is 1. The number of guanidine groups is 1. The first kappa shape index (κ1) is 23.0. The molecule has 7 heteroatoms. The number of benzene rings is 1. The Morgan fingerprint density at radius 1 is 1.19 bits per heavy atom. The van der Waals surface area contributed by atoms with E-state index in [4.69, 9.17) is 4.74 Å². The van der Waals surface area contributed by atoms with Gasteiger partial charge in [-0.05, 0) is 36.6 Å². The van der Waals surface area contributed by atoms with E-state index in [1.165, 1.54) is 5.56 Å². The molecule has 0 fully saturated rings. The molecule has 0 amide bonds. The van der Waals surface area contributed by atoms with Crippen LogP contribution in [0.2, 0.25) is 0 Å². The number of halogens is 1. The maximum Gasteiger partial charge on any atom is 0.250 e. The van der Waals surface area contributed by atoms with E-state index in [-0.39, 0.29) is 29.5 Å². The van der Waals surface area contributed by atoms with Crippen LogP contribution in [0.4, 0.5) is 0 Å². The quantitative estimate of drug-likeness (QED) is 0.271. The topological polar surface area (TPSA) is 58.9 Å². The van der Waals surface area contributed by atoms with Gasteiger partial charge in [-0.2, -0.15) is 0 Å². The smallest absolute Gasteiger partial charge is 0.250 e. The Kier molecular flexibility index (Phi) is 10.5. The van der Waals surface area contributed by atoms with Gasteiger partial charge < -0.3 is 19.5 Å². The third-order valence-electron chi connectivity index (χ3n) is 4.16. The van der Waals surface area contributed by atoms with Gasteiger partial charge in [-0.25, -0.2) is 0 Å². The van der Waals surface area contributed by atoms with E-state index in [1.54, 1.807) is 30.9 Å². The van der Waals surface area contributed by atoms with Gasteiger partial charge in [0.2, 0.25) is 5.56 Å². The number of nitrogens with zero attached hydrogens (tertiary/aromatic N) is 3. The van der Waals surface area contributed by atoms with Gasteiger partial charge >= 0.3 is 0 Å². The van der Waals surface area contributed by atoms with Crippen molar-refractivity contribution < 1.29 is 4.74 Å². The van der Waals surface area contributed by atoms with Crippen molar-refractivity contribution in [2.75, 3.05) is 27.7 Å². The predicted octanol–water partition coefficient (Wildman–Crippen LogP) is 2.96. The third kappa shape index (κ3) is 7.62. The Hall–Kier alpha value is -2.03. The highest BCUT2D eigenvalue weighted by Gasteiger charge is 2.06. The van der Waals surface area contributed by atoms with Crippen LogP contribution in [0.25, 0.3) is 0 Å². The average Bonchev–Trinajstić information content (AvgIpc) is 2.66. The molecule has 1 aromatic heterocycles. The Bertz CT molecular complexity index is 759. The summed E-state index contributed by atoms with van der Waals surface area (Å²) in [7, 11) is 5.47. The first-order valence-corrected chi connectivity index (χ1v) is 8.84. The van der Waals surface area contributed by atoms with Crippen molar-refractivity contribution in [1.29, 1.82) is 0 Å². The van der Waals surface area contributed by atoms with E-state index >= 15 is 0 Å². The van der Waals surface area contributed by atoms with Gasteiger partial charge in [0.15, 0.2) is 5.96 Å². The third-order valence-corrected chi connectivity index (χ3v) is 4.16. The zero-order valence-electron chi connectivity index (χ0n) is 16.2. The summed E-state index contributed by atoms with van der Waals surface area (Å²) in [6.45, 7) is 2.33. The predicted molar refractivity (Wildman–Crippen MR) is 121 cm³/mol. The summed E-state index contributed by atoms with van der Waals surface area (Å²) < 4.78 is 6.93. The fraction of sp³-hybridized carbons (Fsp3) is 0.400. The molecule has 0 unspecified atom stereocenters. The number of nitrogens with one attached hydrogen (secondary N) is 1. The van der Waals surface area contributed by atoms with E-state index in [1.807, 2.05) is 31.4 Å². The number of hydrogen-bond acceptors (Lipinski definition) is 3. The molecular formula is C20H29IN4O2. The lowest BCUT2D eigenvalue weighted by Gasteiger charge is -2.22. The van der Waals surface area contributed by atoms with Crippen molar-refractivity contribution in [3.8, 4) is 5.75 Å². The van der Waals surface area contributed by atoms with Gasteiger partial charge in [0, 0.05) is 46.0 Å². The van der Waals surface area contributed by atoms with Crippen LogP contribution in [0, 0.1) is 0 Å². The maximum atomic E-state index is 11.7. The molecule has 0 aliphatic rings. The highest BCUT2D eigenvalue weighted by molar-refractivity contribution is 14.0. The van der Waals surface area contributed by atoms with Crippen LogP contribution in [0.3, 0.4) is 0 Å². The van der Waals surface area contributed by atoms with Crippen LogP contribution in [-0.2, 0) is 13.1 Å². The number of hydrogen-bond donors (Lipinski definition) is 1. The molecule has 0 radical (unpaired) electrons. The molecule has 0 aliphatic heterocycles. The number of aliphatic imine (C=N–C) groups is 1. The molecule has 1 aromatic carbocycles. The summed E-state index contributed by atoms with van der Waals surface area (Å²) in [5.41, 5.74) is 1.25. The first-order chi connectivity index (χ1) is 12.6. The van der Waals surface area contributed by atoms with Gasteiger partial charge in [-0.15, -0.1) is 24.0 Å². The second-order valence-electron chi connectivity index (χ2n) is 6.12. The summed E-state index contributed by atoms with van der Waals surface area (Å²) in [6.07, 6.45) is 3.74. The van der Waals surface area contributed by atoms with Crippen LogP contribution in [0.15, 0.2) is 58.4 Å². The minimum atomic E-state index is 0. The molecular weight excluding hydrogens is 455 g/mol. The zero-order chi connectivity index (χ0) is 18.8. The minimum absolute atomic E-state index is 0. The first-order valence-electron chi connectivity index (χ1n) is 8.84. The highest BCUT2D eigenvalue weighted by Crippen LogP contribution is 2.12. The highest BCUT2D eigenvalue weighted by atomic mass is 127. The van der Waals surface area contributed by atoms with Crippen LogP contribution in [0.5, 0.6) is 5.75 Å². The van der Waals surface area contributed by atoms with Crippen LogP contribution >= 0.6 is 24.0 Å². The Labute approximate surface area is 178 Å². The number of unbranched alkanes of at least 4 members (excludes halogenated alkanes) is 1. The molecule has 0 aliphatic carbocycles. The normalized spacial score (nSPS) is 10.9. The zero-order valence-corrected chi connectivity index (χ0v) is 18.6. The van der Waals surface area contributed by atoms with Gasteiger partial charge in [0.25, 0.3) is 0 Å². The van der Waals surface area contributed by atoms with Crippen molar-refractivity contribution in [3.63, 3.8) is 0 Å². The fourth-order valence-corrected chi connectivity index (χ4v) is 2.72. The van der Waals surface area contributed by atoms with Gasteiger partial charge in [0.05, 0.1) is 7.11 Å². The van der Waals surface area contributed by atoms with Crippen LogP contribution in [-0.4, -0.2) is 43.2 Å². The molecule has 0 spiro atoms. The van der Waals surface area contributed by atoms with Gasteiger partial charge in [-0.3, -0.25) is 9.79 Å². The molecule has 0 saturated carbocycles. The van der Waals surface area contributed by atoms with E-state index in [2.05, 4.69) is 27.3 Å². The largest absolute Gasteiger partial charge is 0.497 e. The molecule has 1 heterocycles. The number of aromatic nitrogens is 1. The molecule has 0 atom stereocenters. The fourth-order valence-electron chi connectivity index (χ4n) is 2.72. The number of methoxy groups -OCH3 is 1. The molecule has 2 aromatic rings. The average molecular weight is 484 g/mol. The van der Waals surface area contributed by atoms with Gasteiger partial charge in [-0.1, -0.05) is 18.2 Å². The van der Waals surface area contributed by atoms with Crippen molar-refractivity contribution in [2.45, 2.75) is 25.9 Å². The molecule has 6 nitrogen and oxygen atoms in total. The molecule has 0 bridgehead atoms. The van der Waals surface area contributed by atoms with Crippen molar-refractivity contribution in [3.05, 3.63) is 64.6 Å². The lowest BCUT2D eigenvalue weighted by molar-refractivity contribution is 0.414. The van der Waals surface area contributed by atoms with E-state index < -0.39 is 0 Å². The van der Waals surface area contributed by atoms with Crippen molar-refractivity contribution in [1.82, 2.24) is 14.8 Å². The van der Waals surface area contributed by atoms with Crippen LogP contribution < -0.4 is 15.6 Å². The Balaban J connectivity index is 0.00000364. The second kappa shape index (κ2) is 12.4. The maximum absolute atomic E-state index is 11.7. The Morgan fingerprint density at radius 2 is 1.93 bits per heavy atom. The van der Waals surface area contributed by atoms with Crippen LogP contribution in [0.1, 0.15) is 18.4 Å². The van der Waals surface area contributed by atoms with Crippen molar-refractivity contribution >= 4 is 29.9 Å². The minimum Gasteiger partial charge on any atom is -0.497 e. The summed E-state index contributed by atoms with van der Waals surface area (Å²) >= 11 is 0. The summed E-state index contributed by atoms with van der Waals surface area (Å²) in [6, 6.07) is 13.3. The van der Waals surface area contributed by atoms with Gasteiger partial charge in [0.1, 0.15) is 5.75 Å². The lowest BCUT2D eigenvalue weighted by Crippen LogP contribution is -2.38. The standard InChI is InChI=1S/C20H28N4O2.HI/c1-21-20(23(2)16-17-9-11-18(26-3)12-10-17)22-13-5-7-15-24-14-6-4-8-19(24)25;/h4,6,8-12,14H,5,7,13,15-16H2,1-3H3,(H,21,22);1H.